The third-order valence-electron chi connectivity index (χ3n) is 4.37. The molecular formula is C20H14F3N5O2. The van der Waals surface area contributed by atoms with Gasteiger partial charge in [0.05, 0.1) is 17.4 Å². The predicted octanol–water partition coefficient (Wildman–Crippen LogP) is 3.24. The maximum absolute atomic E-state index is 12.7. The normalized spacial score (nSPS) is 11.6. The lowest BCUT2D eigenvalue weighted by atomic mass is 10.2. The van der Waals surface area contributed by atoms with E-state index in [0.717, 1.165) is 34.5 Å². The van der Waals surface area contributed by atoms with Crippen molar-refractivity contribution in [3.8, 4) is 5.69 Å². The van der Waals surface area contributed by atoms with E-state index < -0.39 is 23.2 Å². The quantitative estimate of drug-likeness (QED) is 0.557. The Morgan fingerprint density at radius 1 is 1.03 bits per heavy atom. The molecule has 0 saturated carbocycles. The SMILES string of the molecule is O=C(Cn1cnc2c(cnn2-c2ccccc2)c1=O)Nc1ccc(C(F)(F)F)cc1. The van der Waals surface area contributed by atoms with Crippen LogP contribution in [0, 0.1) is 0 Å². The molecule has 10 heteroatoms. The summed E-state index contributed by atoms with van der Waals surface area (Å²) in [6.07, 6.45) is -1.85. The topological polar surface area (TPSA) is 81.8 Å². The first-order chi connectivity index (χ1) is 14.3. The molecule has 0 fully saturated rings. The van der Waals surface area contributed by atoms with Gasteiger partial charge in [-0.2, -0.15) is 18.3 Å². The Bertz CT molecular complexity index is 1260. The van der Waals surface area contributed by atoms with Crippen molar-refractivity contribution in [2.45, 2.75) is 12.7 Å². The van der Waals surface area contributed by atoms with Crippen LogP contribution in [0.3, 0.4) is 0 Å². The maximum Gasteiger partial charge on any atom is 0.416 e. The summed E-state index contributed by atoms with van der Waals surface area (Å²) >= 11 is 0. The first-order valence-corrected chi connectivity index (χ1v) is 8.78. The molecule has 0 atom stereocenters. The van der Waals surface area contributed by atoms with Crippen LogP contribution in [-0.4, -0.2) is 25.2 Å². The van der Waals surface area contributed by atoms with Crippen molar-refractivity contribution >= 4 is 22.6 Å². The summed E-state index contributed by atoms with van der Waals surface area (Å²) in [5, 5.41) is 6.89. The monoisotopic (exact) mass is 413 g/mol. The second kappa shape index (κ2) is 7.47. The number of fused-ring (bicyclic) bond motifs is 1. The van der Waals surface area contributed by atoms with E-state index in [-0.39, 0.29) is 17.6 Å². The summed E-state index contributed by atoms with van der Waals surface area (Å²) in [6, 6.07) is 13.2. The van der Waals surface area contributed by atoms with Crippen molar-refractivity contribution in [2.75, 3.05) is 5.32 Å². The first kappa shape index (κ1) is 19.4. The lowest BCUT2D eigenvalue weighted by molar-refractivity contribution is -0.137. The van der Waals surface area contributed by atoms with E-state index in [1.165, 1.54) is 17.2 Å². The minimum absolute atomic E-state index is 0.187. The van der Waals surface area contributed by atoms with Gasteiger partial charge in [-0.3, -0.25) is 14.2 Å². The fraction of sp³-hybridized carbons (Fsp3) is 0.100. The van der Waals surface area contributed by atoms with E-state index in [1.807, 2.05) is 30.3 Å². The number of alkyl halides is 3. The largest absolute Gasteiger partial charge is 0.416 e. The number of para-hydroxylation sites is 1. The van der Waals surface area contributed by atoms with Crippen LogP contribution >= 0.6 is 0 Å². The number of rotatable bonds is 4. The van der Waals surface area contributed by atoms with Gasteiger partial charge in [-0.05, 0) is 36.4 Å². The summed E-state index contributed by atoms with van der Waals surface area (Å²) in [5.74, 6) is -0.576. The van der Waals surface area contributed by atoms with Crippen molar-refractivity contribution < 1.29 is 18.0 Å². The molecule has 0 unspecified atom stereocenters. The minimum Gasteiger partial charge on any atom is -0.325 e. The van der Waals surface area contributed by atoms with E-state index >= 15 is 0 Å². The molecule has 2 aromatic carbocycles. The molecule has 0 bridgehead atoms. The molecule has 4 aromatic rings. The average Bonchev–Trinajstić information content (AvgIpc) is 3.15. The van der Waals surface area contributed by atoms with E-state index in [1.54, 1.807) is 0 Å². The van der Waals surface area contributed by atoms with Gasteiger partial charge in [0.1, 0.15) is 18.3 Å². The zero-order chi connectivity index (χ0) is 21.3. The summed E-state index contributed by atoms with van der Waals surface area (Å²) in [5.41, 5.74) is 0.00123. The van der Waals surface area contributed by atoms with Crippen molar-refractivity contribution in [3.05, 3.63) is 83.0 Å². The Morgan fingerprint density at radius 2 is 1.73 bits per heavy atom. The van der Waals surface area contributed by atoms with Gasteiger partial charge in [0.15, 0.2) is 5.65 Å². The number of halogens is 3. The highest BCUT2D eigenvalue weighted by atomic mass is 19.4. The summed E-state index contributed by atoms with van der Waals surface area (Å²) in [4.78, 5) is 29.2. The lowest BCUT2D eigenvalue weighted by Crippen LogP contribution is -2.27. The van der Waals surface area contributed by atoms with Gasteiger partial charge in [0.2, 0.25) is 5.91 Å². The van der Waals surface area contributed by atoms with Crippen LogP contribution in [0.1, 0.15) is 5.56 Å². The van der Waals surface area contributed by atoms with Crippen LogP contribution in [0.15, 0.2) is 71.9 Å². The Balaban J connectivity index is 1.53. The van der Waals surface area contributed by atoms with Crippen LogP contribution < -0.4 is 10.9 Å². The summed E-state index contributed by atoms with van der Waals surface area (Å²) < 4.78 is 40.5. The molecule has 1 N–H and O–H groups in total. The zero-order valence-electron chi connectivity index (χ0n) is 15.3. The van der Waals surface area contributed by atoms with Crippen molar-refractivity contribution in [2.24, 2.45) is 0 Å². The fourth-order valence-corrected chi connectivity index (χ4v) is 2.92. The molecule has 152 valence electrons. The Labute approximate surface area is 167 Å². The molecule has 30 heavy (non-hydrogen) atoms. The number of amides is 1. The zero-order valence-corrected chi connectivity index (χ0v) is 15.3. The second-order valence-electron chi connectivity index (χ2n) is 6.43. The molecule has 1 amide bonds. The van der Waals surface area contributed by atoms with E-state index in [2.05, 4.69) is 15.4 Å². The van der Waals surface area contributed by atoms with Gasteiger partial charge < -0.3 is 5.32 Å². The van der Waals surface area contributed by atoms with Crippen LogP contribution in [0.5, 0.6) is 0 Å². The van der Waals surface area contributed by atoms with Gasteiger partial charge >= 0.3 is 6.18 Å². The van der Waals surface area contributed by atoms with Gasteiger partial charge in [0.25, 0.3) is 5.56 Å². The fourth-order valence-electron chi connectivity index (χ4n) is 2.92. The Morgan fingerprint density at radius 3 is 2.40 bits per heavy atom. The molecule has 2 heterocycles. The van der Waals surface area contributed by atoms with Crippen molar-refractivity contribution in [1.29, 1.82) is 0 Å². The van der Waals surface area contributed by atoms with Crippen LogP contribution in [0.25, 0.3) is 16.7 Å². The van der Waals surface area contributed by atoms with Crippen molar-refractivity contribution in [3.63, 3.8) is 0 Å². The Hall–Kier alpha value is -3.95. The predicted molar refractivity (Wildman–Crippen MR) is 103 cm³/mol. The molecule has 2 aromatic heterocycles. The number of hydrogen-bond donors (Lipinski definition) is 1. The third-order valence-corrected chi connectivity index (χ3v) is 4.37. The standard InChI is InChI=1S/C20H14F3N5O2/c21-20(22,23)13-6-8-14(9-7-13)26-17(29)11-27-12-24-18-16(19(27)30)10-25-28(18)15-4-2-1-3-5-15/h1-10,12H,11H2,(H,26,29). The molecule has 0 spiro atoms. The van der Waals surface area contributed by atoms with E-state index in [4.69, 9.17) is 0 Å². The first-order valence-electron chi connectivity index (χ1n) is 8.78. The Kier molecular flexibility index (Phi) is 4.82. The highest BCUT2D eigenvalue weighted by molar-refractivity contribution is 5.90. The maximum atomic E-state index is 12.7. The number of anilines is 1. The highest BCUT2D eigenvalue weighted by Gasteiger charge is 2.30. The van der Waals surface area contributed by atoms with Crippen LogP contribution in [0.4, 0.5) is 18.9 Å². The van der Waals surface area contributed by atoms with Crippen LogP contribution in [-0.2, 0) is 17.5 Å². The molecule has 0 radical (unpaired) electrons. The van der Waals surface area contributed by atoms with Gasteiger partial charge in [-0.25, -0.2) is 9.67 Å². The molecule has 4 rings (SSSR count). The number of carbonyl (C=O) groups is 1. The average molecular weight is 413 g/mol. The summed E-state index contributed by atoms with van der Waals surface area (Å²) in [6.45, 7) is -0.348. The smallest absolute Gasteiger partial charge is 0.325 e. The molecule has 0 aliphatic heterocycles. The van der Waals surface area contributed by atoms with Crippen LogP contribution in [0.2, 0.25) is 0 Å². The summed E-state index contributed by atoms with van der Waals surface area (Å²) in [7, 11) is 0. The lowest BCUT2D eigenvalue weighted by Gasteiger charge is -2.10. The molecule has 7 nitrogen and oxygen atoms in total. The minimum atomic E-state index is -4.46. The molecule has 0 aliphatic rings. The van der Waals surface area contributed by atoms with Crippen molar-refractivity contribution in [1.82, 2.24) is 19.3 Å². The van der Waals surface area contributed by atoms with Gasteiger partial charge in [-0.15, -0.1) is 0 Å². The number of carbonyl (C=O) groups excluding carboxylic acids is 1. The van der Waals surface area contributed by atoms with E-state index in [9.17, 15) is 22.8 Å². The molecule has 0 aliphatic carbocycles. The van der Waals surface area contributed by atoms with Gasteiger partial charge in [0, 0.05) is 5.69 Å². The molecule has 0 saturated heterocycles. The number of hydrogen-bond acceptors (Lipinski definition) is 4. The number of nitrogens with zero attached hydrogens (tertiary/aromatic N) is 4. The highest BCUT2D eigenvalue weighted by Crippen LogP contribution is 2.29. The van der Waals surface area contributed by atoms with Gasteiger partial charge in [-0.1, -0.05) is 18.2 Å². The number of aromatic nitrogens is 4. The second-order valence-corrected chi connectivity index (χ2v) is 6.43. The number of benzene rings is 2. The van der Waals surface area contributed by atoms with E-state index in [0.29, 0.717) is 5.65 Å². The third kappa shape index (κ3) is 3.79. The number of nitrogens with one attached hydrogen (secondary N) is 1. The molecular weight excluding hydrogens is 399 g/mol.